The Balaban J connectivity index is 2.10. The first-order chi connectivity index (χ1) is 12.5. The average Bonchev–Trinajstić information content (AvgIpc) is 2.98. The highest BCUT2D eigenvalue weighted by Crippen LogP contribution is 2.25. The van der Waals surface area contributed by atoms with Crippen molar-refractivity contribution in [2.75, 3.05) is 5.75 Å². The first kappa shape index (κ1) is 18.8. The van der Waals surface area contributed by atoms with Crippen molar-refractivity contribution >= 4 is 34.5 Å². The molecule has 0 aliphatic heterocycles. The summed E-state index contributed by atoms with van der Waals surface area (Å²) in [6.45, 7) is 2.58. The molecular weight excluding hydrogens is 372 g/mol. The van der Waals surface area contributed by atoms with Crippen molar-refractivity contribution in [3.05, 3.63) is 55.7 Å². The molecule has 3 rings (SSSR count). The van der Waals surface area contributed by atoms with Crippen LogP contribution in [-0.4, -0.2) is 24.9 Å². The van der Waals surface area contributed by atoms with Crippen molar-refractivity contribution in [3.8, 4) is 0 Å². The van der Waals surface area contributed by atoms with Crippen LogP contribution in [0.3, 0.4) is 0 Å². The second-order valence-electron chi connectivity index (χ2n) is 6.12. The van der Waals surface area contributed by atoms with Crippen molar-refractivity contribution < 1.29 is 0 Å². The number of nitrogens with zero attached hydrogens (tertiary/aromatic N) is 3. The summed E-state index contributed by atoms with van der Waals surface area (Å²) in [7, 11) is 1.61. The van der Waals surface area contributed by atoms with E-state index in [0.717, 1.165) is 35.7 Å². The van der Waals surface area contributed by atoms with E-state index in [9.17, 15) is 9.59 Å². The van der Waals surface area contributed by atoms with Gasteiger partial charge in [0.2, 0.25) is 0 Å². The molecule has 138 valence electrons. The fourth-order valence-electron chi connectivity index (χ4n) is 2.78. The van der Waals surface area contributed by atoms with Crippen LogP contribution in [-0.2, 0) is 13.6 Å². The molecule has 0 radical (unpaired) electrons. The van der Waals surface area contributed by atoms with Crippen molar-refractivity contribution in [2.24, 2.45) is 7.05 Å². The van der Waals surface area contributed by atoms with Crippen LogP contribution in [0.1, 0.15) is 31.7 Å². The normalized spacial score (nSPS) is 11.3. The third-order valence-corrected chi connectivity index (χ3v) is 5.67. The summed E-state index contributed by atoms with van der Waals surface area (Å²) in [4.78, 5) is 31.3. The lowest BCUT2D eigenvalue weighted by Gasteiger charge is -2.10. The molecule has 3 aromatic rings. The van der Waals surface area contributed by atoms with Gasteiger partial charge in [-0.15, -0.1) is 0 Å². The van der Waals surface area contributed by atoms with E-state index < -0.39 is 11.2 Å². The molecule has 0 aliphatic rings. The maximum Gasteiger partial charge on any atom is 0.329 e. The van der Waals surface area contributed by atoms with Crippen LogP contribution in [0.25, 0.3) is 11.2 Å². The number of nitrogens with one attached hydrogen (secondary N) is 1. The van der Waals surface area contributed by atoms with E-state index in [1.165, 1.54) is 4.57 Å². The van der Waals surface area contributed by atoms with Crippen molar-refractivity contribution in [3.63, 3.8) is 0 Å². The summed E-state index contributed by atoms with van der Waals surface area (Å²) in [5.41, 5.74) is 0.793. The van der Waals surface area contributed by atoms with E-state index in [1.54, 1.807) is 18.8 Å². The highest BCUT2D eigenvalue weighted by Gasteiger charge is 2.18. The summed E-state index contributed by atoms with van der Waals surface area (Å²) < 4.78 is 3.22. The van der Waals surface area contributed by atoms with Crippen LogP contribution < -0.4 is 11.2 Å². The molecule has 0 bridgehead atoms. The van der Waals surface area contributed by atoms with E-state index in [1.807, 2.05) is 28.8 Å². The van der Waals surface area contributed by atoms with Crippen LogP contribution in [0.2, 0.25) is 5.02 Å². The highest BCUT2D eigenvalue weighted by atomic mass is 35.5. The minimum absolute atomic E-state index is 0.392. The lowest BCUT2D eigenvalue weighted by Crippen LogP contribution is -2.29. The molecule has 2 aromatic heterocycles. The maximum absolute atomic E-state index is 12.5. The predicted octanol–water partition coefficient (Wildman–Crippen LogP) is 3.41. The Bertz CT molecular complexity index is 1040. The molecule has 0 saturated carbocycles. The third-order valence-electron chi connectivity index (χ3n) is 4.24. The molecule has 1 N–H and O–H groups in total. The number of imidazole rings is 1. The molecule has 8 heteroatoms. The zero-order chi connectivity index (χ0) is 18.7. The number of benzene rings is 1. The number of fused-ring (bicyclic) bond motifs is 1. The minimum atomic E-state index is -0.465. The number of hydrogen-bond donors (Lipinski definition) is 1. The lowest BCUT2D eigenvalue weighted by atomic mass is 10.2. The van der Waals surface area contributed by atoms with Gasteiger partial charge in [-0.05, 0) is 18.1 Å². The van der Waals surface area contributed by atoms with Gasteiger partial charge in [-0.1, -0.05) is 61.3 Å². The van der Waals surface area contributed by atoms with Gasteiger partial charge in [0, 0.05) is 17.8 Å². The molecule has 0 saturated heterocycles. The average molecular weight is 393 g/mol. The van der Waals surface area contributed by atoms with Crippen molar-refractivity contribution in [1.29, 1.82) is 0 Å². The molecule has 0 unspecified atom stereocenters. The van der Waals surface area contributed by atoms with Gasteiger partial charge in [0.05, 0.1) is 6.54 Å². The lowest BCUT2D eigenvalue weighted by molar-refractivity contribution is 0.724. The summed E-state index contributed by atoms with van der Waals surface area (Å²) in [5.74, 6) is 0.908. The number of hydrogen-bond acceptors (Lipinski definition) is 4. The van der Waals surface area contributed by atoms with Crippen LogP contribution >= 0.6 is 23.4 Å². The van der Waals surface area contributed by atoms with Crippen LogP contribution in [0.5, 0.6) is 0 Å². The van der Waals surface area contributed by atoms with Gasteiger partial charge in [0.25, 0.3) is 5.56 Å². The van der Waals surface area contributed by atoms with Gasteiger partial charge in [0.15, 0.2) is 16.3 Å². The largest absolute Gasteiger partial charge is 0.329 e. The van der Waals surface area contributed by atoms with Crippen molar-refractivity contribution in [2.45, 2.75) is 37.9 Å². The zero-order valence-electron chi connectivity index (χ0n) is 14.8. The number of rotatable bonds is 7. The van der Waals surface area contributed by atoms with Crippen molar-refractivity contribution in [1.82, 2.24) is 19.1 Å². The van der Waals surface area contributed by atoms with Gasteiger partial charge in [-0.3, -0.25) is 14.3 Å². The topological polar surface area (TPSA) is 72.7 Å². The van der Waals surface area contributed by atoms with E-state index in [-0.39, 0.29) is 0 Å². The standard InChI is InChI=1S/C18H21ClN4O2S/c1-3-4-7-10-26-18-20-15-14(16(24)21-17(25)22(15)2)23(18)11-12-8-5-6-9-13(12)19/h5-6,8-9H,3-4,7,10-11H2,1-2H3,(H,21,24,25). The second kappa shape index (κ2) is 8.14. The summed E-state index contributed by atoms with van der Waals surface area (Å²) in [6, 6.07) is 7.53. The molecule has 0 aliphatic carbocycles. The number of halogens is 1. The Kier molecular flexibility index (Phi) is 5.88. The van der Waals surface area contributed by atoms with Gasteiger partial charge < -0.3 is 4.57 Å². The van der Waals surface area contributed by atoms with Gasteiger partial charge in [-0.2, -0.15) is 0 Å². The Morgan fingerprint density at radius 2 is 2.00 bits per heavy atom. The predicted molar refractivity (Wildman–Crippen MR) is 106 cm³/mol. The molecule has 1 aromatic carbocycles. The quantitative estimate of drug-likeness (QED) is 0.494. The second-order valence-corrected chi connectivity index (χ2v) is 7.59. The van der Waals surface area contributed by atoms with Gasteiger partial charge in [-0.25, -0.2) is 9.78 Å². The monoisotopic (exact) mass is 392 g/mol. The molecule has 0 fully saturated rings. The third kappa shape index (κ3) is 3.73. The fourth-order valence-corrected chi connectivity index (χ4v) is 3.97. The molecule has 2 heterocycles. The molecule has 0 atom stereocenters. The van der Waals surface area contributed by atoms with E-state index in [2.05, 4.69) is 16.9 Å². The van der Waals surface area contributed by atoms with Crippen LogP contribution in [0.15, 0.2) is 39.0 Å². The number of thioether (sulfide) groups is 1. The fraction of sp³-hybridized carbons (Fsp3) is 0.389. The Morgan fingerprint density at radius 3 is 2.73 bits per heavy atom. The number of aromatic amines is 1. The summed E-state index contributed by atoms with van der Waals surface area (Å²) >= 11 is 7.91. The number of aryl methyl sites for hydroxylation is 1. The zero-order valence-corrected chi connectivity index (χ0v) is 16.4. The van der Waals surface area contributed by atoms with E-state index in [4.69, 9.17) is 11.6 Å². The minimum Gasteiger partial charge on any atom is -0.309 e. The van der Waals surface area contributed by atoms with Crippen LogP contribution in [0.4, 0.5) is 0 Å². The maximum atomic E-state index is 12.5. The summed E-state index contributed by atoms with van der Waals surface area (Å²) in [6.07, 6.45) is 3.37. The Labute approximate surface area is 160 Å². The number of H-pyrrole nitrogens is 1. The Morgan fingerprint density at radius 1 is 1.23 bits per heavy atom. The van der Waals surface area contributed by atoms with E-state index >= 15 is 0 Å². The van der Waals surface area contributed by atoms with Gasteiger partial charge in [0.1, 0.15) is 0 Å². The van der Waals surface area contributed by atoms with Gasteiger partial charge >= 0.3 is 5.69 Å². The first-order valence-corrected chi connectivity index (χ1v) is 9.95. The molecule has 26 heavy (non-hydrogen) atoms. The van der Waals surface area contributed by atoms with E-state index in [0.29, 0.717) is 22.7 Å². The smallest absolute Gasteiger partial charge is 0.309 e. The van der Waals surface area contributed by atoms with Crippen LogP contribution in [0, 0.1) is 0 Å². The summed E-state index contributed by atoms with van der Waals surface area (Å²) in [5, 5.41) is 1.36. The molecule has 6 nitrogen and oxygen atoms in total. The SMILES string of the molecule is CCCCCSc1nc2c(c(=O)[nH]c(=O)n2C)n1Cc1ccccc1Cl. The molecular formula is C18H21ClN4O2S. The Hall–Kier alpha value is -1.99. The number of unbranched alkanes of at least 4 members (excludes halogenated alkanes) is 2. The number of aromatic nitrogens is 4. The highest BCUT2D eigenvalue weighted by molar-refractivity contribution is 7.99. The molecule has 0 amide bonds. The molecule has 0 spiro atoms. The first-order valence-electron chi connectivity index (χ1n) is 8.58.